The van der Waals surface area contributed by atoms with Gasteiger partial charge in [0.25, 0.3) is 0 Å². The lowest BCUT2D eigenvalue weighted by Crippen LogP contribution is -2.04. The third-order valence-electron chi connectivity index (χ3n) is 3.59. The molecule has 0 unspecified atom stereocenters. The van der Waals surface area contributed by atoms with E-state index in [9.17, 15) is 23.1 Å². The van der Waals surface area contributed by atoms with Crippen LogP contribution in [0.4, 0.5) is 13.2 Å². The van der Waals surface area contributed by atoms with Gasteiger partial charge in [-0.3, -0.25) is 4.79 Å². The molecule has 0 saturated carbocycles. The summed E-state index contributed by atoms with van der Waals surface area (Å²) in [6.07, 6.45) is -2.38. The number of phenolic OH excluding ortho intramolecular Hbond substituents is 1. The molecule has 1 aliphatic carbocycles. The summed E-state index contributed by atoms with van der Waals surface area (Å²) in [6.45, 7) is 0. The summed E-state index contributed by atoms with van der Waals surface area (Å²) in [7, 11) is 0. The molecule has 0 aromatic heterocycles. The van der Waals surface area contributed by atoms with Gasteiger partial charge < -0.3 is 5.11 Å². The van der Waals surface area contributed by atoms with Crippen LogP contribution in [0.5, 0.6) is 5.75 Å². The fourth-order valence-electron chi connectivity index (χ4n) is 2.47. The van der Waals surface area contributed by atoms with Gasteiger partial charge in [0.05, 0.1) is 5.56 Å². The second-order valence-electron chi connectivity index (χ2n) is 5.14. The molecule has 0 aliphatic heterocycles. The molecule has 1 aliphatic rings. The number of hydrogen-bond acceptors (Lipinski definition) is 2. The Bertz CT molecular complexity index is 771. The van der Waals surface area contributed by atoms with E-state index in [-0.39, 0.29) is 11.5 Å². The van der Waals surface area contributed by atoms with Gasteiger partial charge in [-0.25, -0.2) is 0 Å². The van der Waals surface area contributed by atoms with Crippen molar-refractivity contribution < 1.29 is 23.1 Å². The van der Waals surface area contributed by atoms with Gasteiger partial charge in [0.15, 0.2) is 5.78 Å². The van der Waals surface area contributed by atoms with Crippen molar-refractivity contribution in [2.24, 2.45) is 0 Å². The lowest BCUT2D eigenvalue weighted by Gasteiger charge is -2.06. The largest absolute Gasteiger partial charge is 0.508 e. The first-order valence-corrected chi connectivity index (χ1v) is 6.59. The van der Waals surface area contributed by atoms with Crippen LogP contribution in [-0.4, -0.2) is 10.9 Å². The molecule has 0 saturated heterocycles. The number of Topliss-reactive ketones (excluding diaryl/α,β-unsaturated/α-hetero) is 1. The van der Waals surface area contributed by atoms with E-state index in [4.69, 9.17) is 0 Å². The van der Waals surface area contributed by atoms with Crippen molar-refractivity contribution in [2.75, 3.05) is 0 Å². The minimum atomic E-state index is -4.37. The number of hydrogen-bond donors (Lipinski definition) is 1. The molecule has 1 N–H and O–H groups in total. The zero-order valence-corrected chi connectivity index (χ0v) is 11.3. The summed E-state index contributed by atoms with van der Waals surface area (Å²) in [6, 6.07) is 9.25. The highest BCUT2D eigenvalue weighted by atomic mass is 19.4. The molecule has 0 amide bonds. The van der Waals surface area contributed by atoms with E-state index in [2.05, 4.69) is 0 Å². The lowest BCUT2D eigenvalue weighted by molar-refractivity contribution is -0.137. The van der Waals surface area contributed by atoms with Crippen LogP contribution in [0.3, 0.4) is 0 Å². The van der Waals surface area contributed by atoms with E-state index in [0.717, 1.165) is 17.7 Å². The quantitative estimate of drug-likeness (QED) is 0.800. The summed E-state index contributed by atoms with van der Waals surface area (Å²) in [5.74, 6) is -0.186. The number of aromatic hydroxyl groups is 1. The van der Waals surface area contributed by atoms with E-state index in [0.29, 0.717) is 23.1 Å². The van der Waals surface area contributed by atoms with Crippen LogP contribution >= 0.6 is 0 Å². The first-order chi connectivity index (χ1) is 10.3. The van der Waals surface area contributed by atoms with Crippen LogP contribution in [-0.2, 0) is 12.6 Å². The van der Waals surface area contributed by atoms with Crippen molar-refractivity contribution in [3.05, 3.63) is 70.3 Å². The smallest absolute Gasteiger partial charge is 0.416 e. The SMILES string of the molecule is O=C1/C(=C/c2ccc(C(F)(F)F)cc2)Cc2ccc(O)cc21. The highest BCUT2D eigenvalue weighted by Gasteiger charge is 2.30. The maximum absolute atomic E-state index is 12.5. The number of carbonyl (C=O) groups is 1. The maximum Gasteiger partial charge on any atom is 0.416 e. The summed E-state index contributed by atoms with van der Waals surface area (Å²) in [5, 5.41) is 9.42. The van der Waals surface area contributed by atoms with E-state index in [1.165, 1.54) is 24.3 Å². The topological polar surface area (TPSA) is 37.3 Å². The molecule has 0 bridgehead atoms. The zero-order valence-electron chi connectivity index (χ0n) is 11.3. The van der Waals surface area contributed by atoms with Crippen LogP contribution in [0.15, 0.2) is 48.0 Å². The number of fused-ring (bicyclic) bond motifs is 1. The highest BCUT2D eigenvalue weighted by Crippen LogP contribution is 2.32. The second-order valence-corrected chi connectivity index (χ2v) is 5.14. The molecule has 5 heteroatoms. The number of halogens is 3. The molecule has 0 fully saturated rings. The lowest BCUT2D eigenvalue weighted by atomic mass is 10.1. The van der Waals surface area contributed by atoms with Crippen molar-refractivity contribution in [1.29, 1.82) is 0 Å². The third kappa shape index (κ3) is 2.62. The number of ketones is 1. The van der Waals surface area contributed by atoms with E-state index >= 15 is 0 Å². The summed E-state index contributed by atoms with van der Waals surface area (Å²) in [5.41, 5.74) is 1.56. The first kappa shape index (κ1) is 14.4. The number of benzene rings is 2. The van der Waals surface area contributed by atoms with Crippen LogP contribution in [0.25, 0.3) is 6.08 Å². The van der Waals surface area contributed by atoms with E-state index in [1.807, 2.05) is 0 Å². The normalized spacial score (nSPS) is 16.1. The van der Waals surface area contributed by atoms with Gasteiger partial charge in [0.2, 0.25) is 0 Å². The van der Waals surface area contributed by atoms with Crippen molar-refractivity contribution in [3.63, 3.8) is 0 Å². The number of alkyl halides is 3. The van der Waals surface area contributed by atoms with Gasteiger partial charge in [0, 0.05) is 17.6 Å². The van der Waals surface area contributed by atoms with E-state index < -0.39 is 11.7 Å². The van der Waals surface area contributed by atoms with Gasteiger partial charge in [-0.2, -0.15) is 13.2 Å². The molecular formula is C17H11F3O2. The van der Waals surface area contributed by atoms with Crippen molar-refractivity contribution in [3.8, 4) is 5.75 Å². The maximum atomic E-state index is 12.5. The van der Waals surface area contributed by atoms with Crippen molar-refractivity contribution >= 4 is 11.9 Å². The van der Waals surface area contributed by atoms with Crippen molar-refractivity contribution in [2.45, 2.75) is 12.6 Å². The van der Waals surface area contributed by atoms with Gasteiger partial charge >= 0.3 is 6.18 Å². The molecular weight excluding hydrogens is 293 g/mol. The van der Waals surface area contributed by atoms with Crippen LogP contribution < -0.4 is 0 Å². The second kappa shape index (κ2) is 5.02. The van der Waals surface area contributed by atoms with Crippen LogP contribution in [0, 0.1) is 0 Å². The van der Waals surface area contributed by atoms with Gasteiger partial charge in [-0.15, -0.1) is 0 Å². The Morgan fingerprint density at radius 3 is 2.36 bits per heavy atom. The molecule has 0 spiro atoms. The van der Waals surface area contributed by atoms with E-state index in [1.54, 1.807) is 12.1 Å². The van der Waals surface area contributed by atoms with Gasteiger partial charge in [-0.1, -0.05) is 18.2 Å². The Morgan fingerprint density at radius 2 is 1.73 bits per heavy atom. The van der Waals surface area contributed by atoms with Gasteiger partial charge in [-0.05, 0) is 41.5 Å². The Hall–Kier alpha value is -2.56. The minimum absolute atomic E-state index is 0.0166. The Morgan fingerprint density at radius 1 is 1.05 bits per heavy atom. The Balaban J connectivity index is 1.90. The zero-order chi connectivity index (χ0) is 15.9. The molecule has 2 nitrogen and oxygen atoms in total. The summed E-state index contributed by atoms with van der Waals surface area (Å²) in [4.78, 5) is 12.2. The molecule has 0 atom stereocenters. The first-order valence-electron chi connectivity index (χ1n) is 6.59. The molecule has 2 aromatic carbocycles. The molecule has 0 radical (unpaired) electrons. The fraction of sp³-hybridized carbons (Fsp3) is 0.118. The Kier molecular flexibility index (Phi) is 3.28. The number of phenols is 1. The standard InChI is InChI=1S/C17H11F3O2/c18-17(19,20)13-4-1-10(2-5-13)7-12-8-11-3-6-14(21)9-15(11)16(12)22/h1-7,9,21H,8H2/b12-7+. The van der Waals surface area contributed by atoms with Crippen LogP contribution in [0.2, 0.25) is 0 Å². The molecule has 3 rings (SSSR count). The fourth-order valence-corrected chi connectivity index (χ4v) is 2.47. The van der Waals surface area contributed by atoms with Gasteiger partial charge in [0.1, 0.15) is 5.75 Å². The average molecular weight is 304 g/mol. The third-order valence-corrected chi connectivity index (χ3v) is 3.59. The minimum Gasteiger partial charge on any atom is -0.508 e. The molecule has 112 valence electrons. The predicted octanol–water partition coefficient (Wildman–Crippen LogP) is 4.23. The molecule has 0 heterocycles. The summed E-state index contributed by atoms with van der Waals surface area (Å²) >= 11 is 0. The molecule has 22 heavy (non-hydrogen) atoms. The van der Waals surface area contributed by atoms with Crippen molar-refractivity contribution in [1.82, 2.24) is 0 Å². The van der Waals surface area contributed by atoms with Crippen LogP contribution in [0.1, 0.15) is 27.0 Å². The molecule has 2 aromatic rings. The average Bonchev–Trinajstić information content (AvgIpc) is 2.75. The Labute approximate surface area is 124 Å². The predicted molar refractivity (Wildman–Crippen MR) is 75.6 cm³/mol. The summed E-state index contributed by atoms with van der Waals surface area (Å²) < 4.78 is 37.5. The monoisotopic (exact) mass is 304 g/mol. The highest BCUT2D eigenvalue weighted by molar-refractivity contribution is 6.15. The number of rotatable bonds is 1. The number of allylic oxidation sites excluding steroid dienone is 1. The number of carbonyl (C=O) groups excluding carboxylic acids is 1.